The molecule has 2 aromatic heterocycles. The Morgan fingerprint density at radius 2 is 1.83 bits per heavy atom. The highest BCUT2D eigenvalue weighted by Gasteiger charge is 2.86. The number of alkyl halides is 4. The van der Waals surface area contributed by atoms with Crippen LogP contribution in [0.25, 0.3) is 10.9 Å². The van der Waals surface area contributed by atoms with Gasteiger partial charge in [-0.25, -0.2) is 4.39 Å². The minimum atomic E-state index is -4.52. The molecule has 0 radical (unpaired) electrons. The van der Waals surface area contributed by atoms with Gasteiger partial charge in [0.25, 0.3) is 5.89 Å². The molecule has 1 saturated carbocycles. The number of hydrogen-bond acceptors (Lipinski definition) is 7. The molecule has 3 aliphatic rings. The molecule has 2 aliphatic heterocycles. The van der Waals surface area contributed by atoms with Gasteiger partial charge in [-0.1, -0.05) is 0 Å². The summed E-state index contributed by atoms with van der Waals surface area (Å²) in [5.41, 5.74) is -4.01. The number of fused-ring (bicyclic) bond motifs is 2. The highest BCUT2D eigenvalue weighted by molar-refractivity contribution is 5.95. The summed E-state index contributed by atoms with van der Waals surface area (Å²) in [6.07, 6.45) is -2.85. The highest BCUT2D eigenvalue weighted by Crippen LogP contribution is 2.75. The van der Waals surface area contributed by atoms with E-state index in [2.05, 4.69) is 21.3 Å². The van der Waals surface area contributed by atoms with E-state index in [0.29, 0.717) is 35.2 Å². The lowest BCUT2D eigenvalue weighted by molar-refractivity contribution is -0.187. The highest BCUT2D eigenvalue weighted by atomic mass is 19.4. The molecule has 4 heterocycles. The molecule has 182 valence electrons. The van der Waals surface area contributed by atoms with Gasteiger partial charge in [0.2, 0.25) is 5.89 Å². The number of piperidine rings is 2. The lowest BCUT2D eigenvalue weighted by atomic mass is 9.93. The van der Waals surface area contributed by atoms with Crippen molar-refractivity contribution in [2.75, 3.05) is 38.1 Å². The molecular formula is C24H22F4N6O. The van der Waals surface area contributed by atoms with E-state index < -0.39 is 22.7 Å². The molecule has 2 saturated heterocycles. The normalized spacial score (nSPS) is 28.2. The number of aromatic nitrogens is 3. The molecule has 1 aromatic carbocycles. The molecule has 0 amide bonds. The lowest BCUT2D eigenvalue weighted by Crippen LogP contribution is -2.38. The number of benzene rings is 1. The Bertz CT molecular complexity index is 1360. The van der Waals surface area contributed by atoms with Crippen LogP contribution in [0, 0.1) is 16.7 Å². The number of rotatable bonds is 3. The minimum Gasteiger partial charge on any atom is -0.421 e. The van der Waals surface area contributed by atoms with Crippen molar-refractivity contribution in [2.24, 2.45) is 5.41 Å². The first-order valence-electron chi connectivity index (χ1n) is 11.4. The Morgan fingerprint density at radius 1 is 1.09 bits per heavy atom. The van der Waals surface area contributed by atoms with E-state index in [9.17, 15) is 18.4 Å². The van der Waals surface area contributed by atoms with Crippen LogP contribution in [0.5, 0.6) is 0 Å². The summed E-state index contributed by atoms with van der Waals surface area (Å²) in [6, 6.07) is 8.73. The molecule has 3 aromatic rings. The fraction of sp³-hybridized carbons (Fsp3) is 0.500. The molecule has 0 N–H and O–H groups in total. The quantitative estimate of drug-likeness (QED) is 0.516. The Kier molecular flexibility index (Phi) is 4.53. The molecular weight excluding hydrogens is 464 g/mol. The predicted molar refractivity (Wildman–Crippen MR) is 117 cm³/mol. The number of nitrogens with zero attached hydrogens (tertiary/aromatic N) is 6. The van der Waals surface area contributed by atoms with Crippen molar-refractivity contribution in [3.63, 3.8) is 0 Å². The number of anilines is 1. The van der Waals surface area contributed by atoms with Gasteiger partial charge in [-0.05, 0) is 37.7 Å². The molecule has 1 aliphatic carbocycles. The Balaban J connectivity index is 1.39. The first kappa shape index (κ1) is 22.2. The summed E-state index contributed by atoms with van der Waals surface area (Å²) < 4.78 is 64.7. The molecule has 3 fully saturated rings. The van der Waals surface area contributed by atoms with E-state index in [1.807, 2.05) is 11.9 Å². The maximum Gasteiger partial charge on any atom is 0.397 e. The Morgan fingerprint density at radius 3 is 2.54 bits per heavy atom. The van der Waals surface area contributed by atoms with Crippen LogP contribution in [-0.2, 0) is 11.1 Å². The van der Waals surface area contributed by atoms with Crippen molar-refractivity contribution in [3.05, 3.63) is 47.8 Å². The first-order valence-corrected chi connectivity index (χ1v) is 11.4. The zero-order valence-electron chi connectivity index (χ0n) is 18.9. The van der Waals surface area contributed by atoms with E-state index in [1.54, 1.807) is 35.4 Å². The van der Waals surface area contributed by atoms with Crippen LogP contribution < -0.4 is 4.90 Å². The van der Waals surface area contributed by atoms with Crippen LogP contribution >= 0.6 is 0 Å². The monoisotopic (exact) mass is 486 g/mol. The van der Waals surface area contributed by atoms with Crippen molar-refractivity contribution in [2.45, 2.75) is 36.5 Å². The average molecular weight is 486 g/mol. The molecule has 6 rings (SSSR count). The fourth-order valence-electron chi connectivity index (χ4n) is 5.88. The molecule has 2 atom stereocenters. The minimum absolute atomic E-state index is 0.00788. The van der Waals surface area contributed by atoms with Gasteiger partial charge in [-0.3, -0.25) is 4.98 Å². The molecule has 7 nitrogen and oxygen atoms in total. The van der Waals surface area contributed by atoms with Crippen molar-refractivity contribution in [1.82, 2.24) is 20.1 Å². The Hall–Kier alpha value is -3.26. The summed E-state index contributed by atoms with van der Waals surface area (Å²) in [6.45, 7) is 0.695. The van der Waals surface area contributed by atoms with Gasteiger partial charge in [0.1, 0.15) is 11.5 Å². The van der Waals surface area contributed by atoms with E-state index in [-0.39, 0.29) is 44.1 Å². The number of likely N-dealkylation sites (tertiary alicyclic amines) is 1. The number of halogens is 4. The SMILES string of the molecule is CN1CCC(F)(c2nnc([C@]34CN(c5ccc(C#N)c6ncccc56)C[C@@]3(C(F)(F)F)C4)o2)CC1. The van der Waals surface area contributed by atoms with Crippen molar-refractivity contribution >= 4 is 16.6 Å². The summed E-state index contributed by atoms with van der Waals surface area (Å²) in [7, 11) is 1.88. The van der Waals surface area contributed by atoms with Crippen LogP contribution in [0.2, 0.25) is 0 Å². The van der Waals surface area contributed by atoms with Crippen LogP contribution in [0.1, 0.15) is 36.6 Å². The molecule has 0 bridgehead atoms. The van der Waals surface area contributed by atoms with Crippen molar-refractivity contribution in [3.8, 4) is 6.07 Å². The van der Waals surface area contributed by atoms with Crippen LogP contribution in [-0.4, -0.2) is 59.5 Å². The van der Waals surface area contributed by atoms with E-state index in [4.69, 9.17) is 4.42 Å². The standard InChI is InChI=1S/C24H22F4N6O/c1-33-9-6-22(25,7-10-33)20-32-31-19(35-20)21-12-23(21,24(26,27)28)14-34(13-21)17-5-4-15(11-29)18-16(17)3-2-8-30-18/h2-5,8H,6-7,9-10,12-14H2,1H3/t21-,23-/m0/s1. The molecule has 11 heteroatoms. The molecule has 35 heavy (non-hydrogen) atoms. The molecule has 0 spiro atoms. The van der Waals surface area contributed by atoms with Gasteiger partial charge in [-0.2, -0.15) is 18.4 Å². The largest absolute Gasteiger partial charge is 0.421 e. The topological polar surface area (TPSA) is 82.1 Å². The van der Waals surface area contributed by atoms with Crippen molar-refractivity contribution in [1.29, 1.82) is 5.26 Å². The van der Waals surface area contributed by atoms with E-state index in [0.717, 1.165) is 0 Å². The Labute approximate surface area is 198 Å². The third kappa shape index (κ3) is 3.02. The summed E-state index contributed by atoms with van der Waals surface area (Å²) in [5.74, 6) is -0.385. The zero-order valence-corrected chi connectivity index (χ0v) is 18.9. The third-order valence-corrected chi connectivity index (χ3v) is 8.06. The smallest absolute Gasteiger partial charge is 0.397 e. The predicted octanol–water partition coefficient (Wildman–Crippen LogP) is 4.09. The second kappa shape index (κ2) is 7.13. The fourth-order valence-corrected chi connectivity index (χ4v) is 5.88. The van der Waals surface area contributed by atoms with Gasteiger partial charge in [-0.15, -0.1) is 10.2 Å². The van der Waals surface area contributed by atoms with Gasteiger partial charge in [0.05, 0.1) is 16.5 Å². The van der Waals surface area contributed by atoms with Gasteiger partial charge < -0.3 is 14.2 Å². The van der Waals surface area contributed by atoms with Crippen LogP contribution in [0.3, 0.4) is 0 Å². The van der Waals surface area contributed by atoms with E-state index >= 15 is 4.39 Å². The number of hydrogen-bond donors (Lipinski definition) is 0. The molecule has 0 unspecified atom stereocenters. The number of pyridine rings is 1. The van der Waals surface area contributed by atoms with E-state index in [1.165, 1.54) is 0 Å². The average Bonchev–Trinajstić information content (AvgIpc) is 3.16. The summed E-state index contributed by atoms with van der Waals surface area (Å²) in [5, 5.41) is 17.9. The number of nitriles is 1. The maximum atomic E-state index is 15.5. The van der Waals surface area contributed by atoms with Gasteiger partial charge in [0.15, 0.2) is 5.67 Å². The summed E-state index contributed by atoms with van der Waals surface area (Å²) in [4.78, 5) is 7.89. The van der Waals surface area contributed by atoms with Crippen LogP contribution in [0.4, 0.5) is 23.2 Å². The maximum absolute atomic E-state index is 15.5. The second-order valence-corrected chi connectivity index (χ2v) is 10.0. The second-order valence-electron chi connectivity index (χ2n) is 10.0. The summed E-state index contributed by atoms with van der Waals surface area (Å²) >= 11 is 0. The first-order chi connectivity index (χ1) is 16.6. The van der Waals surface area contributed by atoms with Gasteiger partial charge >= 0.3 is 6.18 Å². The van der Waals surface area contributed by atoms with Crippen molar-refractivity contribution < 1.29 is 22.0 Å². The lowest BCUT2D eigenvalue weighted by Gasteiger charge is -2.31. The third-order valence-electron chi connectivity index (χ3n) is 8.06. The zero-order chi connectivity index (χ0) is 24.6. The van der Waals surface area contributed by atoms with Crippen LogP contribution in [0.15, 0.2) is 34.9 Å². The van der Waals surface area contributed by atoms with Gasteiger partial charge in [0, 0.05) is 56.3 Å².